The predicted molar refractivity (Wildman–Crippen MR) is 91.9 cm³/mol. The molecule has 0 unspecified atom stereocenters. The van der Waals surface area contributed by atoms with E-state index in [0.717, 1.165) is 19.3 Å². The van der Waals surface area contributed by atoms with Crippen molar-refractivity contribution in [3.63, 3.8) is 0 Å². The fourth-order valence-electron chi connectivity index (χ4n) is 2.06. The molecule has 1 N–H and O–H groups in total. The van der Waals surface area contributed by atoms with Gasteiger partial charge in [0.2, 0.25) is 5.91 Å². The summed E-state index contributed by atoms with van der Waals surface area (Å²) < 4.78 is 0. The molecule has 0 radical (unpaired) electrons. The van der Waals surface area contributed by atoms with Crippen LogP contribution in [0, 0.1) is 0 Å². The van der Waals surface area contributed by atoms with Crippen LogP contribution in [0.25, 0.3) is 0 Å². The molecule has 122 valence electrons. The van der Waals surface area contributed by atoms with E-state index < -0.39 is 0 Å². The summed E-state index contributed by atoms with van der Waals surface area (Å²) in [5.41, 5.74) is 0.692. The lowest BCUT2D eigenvalue weighted by Crippen LogP contribution is -2.42. The highest BCUT2D eigenvalue weighted by molar-refractivity contribution is 7.81. The fraction of sp³-hybridized carbons (Fsp3) is 0.500. The molecule has 1 aromatic carbocycles. The van der Waals surface area contributed by atoms with Crippen LogP contribution in [0.3, 0.4) is 0 Å². The first-order chi connectivity index (χ1) is 10.6. The monoisotopic (exact) mass is 323 g/mol. The van der Waals surface area contributed by atoms with Crippen LogP contribution in [0.15, 0.2) is 30.3 Å². The highest BCUT2D eigenvalue weighted by atomic mass is 32.1. The first-order valence-electron chi connectivity index (χ1n) is 7.48. The highest BCUT2D eigenvalue weighted by Gasteiger charge is 2.16. The first-order valence-corrected chi connectivity index (χ1v) is 8.11. The lowest BCUT2D eigenvalue weighted by atomic mass is 10.2. The smallest absolute Gasteiger partial charge is 0.268 e. The summed E-state index contributed by atoms with van der Waals surface area (Å²) in [7, 11) is 3.74. The minimum atomic E-state index is -0.0440. The molecule has 0 aliphatic rings. The van der Waals surface area contributed by atoms with Crippen molar-refractivity contribution in [3.05, 3.63) is 35.9 Å². The Labute approximate surface area is 138 Å². The second kappa shape index (κ2) is 10.2. The van der Waals surface area contributed by atoms with Crippen molar-refractivity contribution in [2.24, 2.45) is 0 Å². The molecule has 0 aliphatic heterocycles. The second-order valence-corrected chi connectivity index (χ2v) is 5.53. The molecule has 0 heterocycles. The van der Waals surface area contributed by atoms with Crippen LogP contribution in [0.5, 0.6) is 0 Å². The van der Waals surface area contributed by atoms with Crippen molar-refractivity contribution in [1.29, 1.82) is 0 Å². The quantitative estimate of drug-likeness (QED) is 0.414. The van der Waals surface area contributed by atoms with Crippen LogP contribution < -0.4 is 5.32 Å². The highest BCUT2D eigenvalue weighted by Crippen LogP contribution is 2.08. The summed E-state index contributed by atoms with van der Waals surface area (Å²) in [6.45, 7) is 1.33. The first kappa shape index (κ1) is 18.5. The molecule has 22 heavy (non-hydrogen) atoms. The topological polar surface area (TPSA) is 52.6 Å². The van der Waals surface area contributed by atoms with Gasteiger partial charge in [0.15, 0.2) is 0 Å². The van der Waals surface area contributed by atoms with E-state index in [4.69, 9.17) is 0 Å². The molecule has 0 spiro atoms. The van der Waals surface area contributed by atoms with Crippen LogP contribution in [0.2, 0.25) is 0 Å². The molecule has 0 atom stereocenters. The summed E-state index contributed by atoms with van der Waals surface area (Å²) in [6, 6.07) is 9.28. The molecule has 0 saturated carbocycles. The Hall–Kier alpha value is -1.53. The normalized spacial score (nSPS) is 10.5. The number of rotatable bonds is 9. The Morgan fingerprint density at radius 1 is 1.09 bits per heavy atom. The van der Waals surface area contributed by atoms with E-state index in [1.807, 2.05) is 49.4 Å². The maximum atomic E-state index is 12.5. The molecule has 1 aromatic rings. The van der Waals surface area contributed by atoms with Crippen LogP contribution in [-0.2, 0) is 4.79 Å². The Balaban J connectivity index is 2.36. The van der Waals surface area contributed by atoms with Crippen molar-refractivity contribution in [2.75, 3.05) is 32.9 Å². The van der Waals surface area contributed by atoms with Gasteiger partial charge in [0.25, 0.3) is 5.91 Å². The van der Waals surface area contributed by atoms with E-state index in [1.165, 1.54) is 0 Å². The van der Waals surface area contributed by atoms with E-state index in [0.29, 0.717) is 18.7 Å². The van der Waals surface area contributed by atoms with Crippen molar-refractivity contribution in [2.45, 2.75) is 19.3 Å². The average Bonchev–Trinajstić information content (AvgIpc) is 2.53. The zero-order chi connectivity index (χ0) is 16.4. The standard InChI is InChI=1S/C16H25N3O2S/c1-18(2)19(16(21)14-9-5-3-6-10-14)12-8-4-7-11-17-15(20)13-22/h3,5-6,9-10,22H,4,7-8,11-13H2,1-2H3,(H,17,20). The maximum Gasteiger partial charge on any atom is 0.268 e. The minimum Gasteiger partial charge on any atom is -0.355 e. The summed E-state index contributed by atoms with van der Waals surface area (Å²) in [5, 5.41) is 6.34. The van der Waals surface area contributed by atoms with Crippen molar-refractivity contribution >= 4 is 24.4 Å². The van der Waals surface area contributed by atoms with Gasteiger partial charge in [0.05, 0.1) is 5.75 Å². The maximum absolute atomic E-state index is 12.5. The van der Waals surface area contributed by atoms with Gasteiger partial charge in [-0.2, -0.15) is 12.6 Å². The van der Waals surface area contributed by atoms with Crippen LogP contribution in [0.4, 0.5) is 0 Å². The fourth-order valence-corrected chi connectivity index (χ4v) is 2.17. The van der Waals surface area contributed by atoms with Crippen molar-refractivity contribution < 1.29 is 9.59 Å². The SMILES string of the molecule is CN(C)N(CCCCCNC(=O)CS)C(=O)c1ccccc1. The largest absolute Gasteiger partial charge is 0.355 e. The number of carbonyl (C=O) groups is 2. The number of carbonyl (C=O) groups excluding carboxylic acids is 2. The third-order valence-electron chi connectivity index (χ3n) is 3.25. The Morgan fingerprint density at radius 3 is 2.36 bits per heavy atom. The molecule has 0 aliphatic carbocycles. The van der Waals surface area contributed by atoms with Gasteiger partial charge in [-0.1, -0.05) is 18.2 Å². The van der Waals surface area contributed by atoms with Gasteiger partial charge in [-0.3, -0.25) is 14.6 Å². The van der Waals surface area contributed by atoms with Crippen molar-refractivity contribution in [3.8, 4) is 0 Å². The number of hydrogen-bond donors (Lipinski definition) is 2. The Kier molecular flexibility index (Phi) is 8.62. The summed E-state index contributed by atoms with van der Waals surface area (Å²) in [5.74, 6) is 0.187. The van der Waals surface area contributed by atoms with Gasteiger partial charge in [-0.05, 0) is 31.4 Å². The predicted octanol–water partition coefficient (Wildman–Crippen LogP) is 1.82. The molecule has 0 bridgehead atoms. The minimum absolute atomic E-state index is 0.00831. The van der Waals surface area contributed by atoms with Crippen LogP contribution >= 0.6 is 12.6 Å². The number of amides is 2. The van der Waals surface area contributed by atoms with Gasteiger partial charge < -0.3 is 5.32 Å². The number of hydrogen-bond acceptors (Lipinski definition) is 4. The molecular formula is C16H25N3O2S. The molecule has 6 heteroatoms. The van der Waals surface area contributed by atoms with E-state index in [2.05, 4.69) is 17.9 Å². The molecule has 0 fully saturated rings. The lowest BCUT2D eigenvalue weighted by molar-refractivity contribution is -0.118. The molecular weight excluding hydrogens is 298 g/mol. The summed E-state index contributed by atoms with van der Waals surface area (Å²) >= 11 is 3.90. The number of hydrazine groups is 1. The van der Waals surface area contributed by atoms with Gasteiger partial charge in [-0.15, -0.1) is 0 Å². The van der Waals surface area contributed by atoms with Gasteiger partial charge >= 0.3 is 0 Å². The van der Waals surface area contributed by atoms with E-state index >= 15 is 0 Å². The zero-order valence-electron chi connectivity index (χ0n) is 13.3. The Morgan fingerprint density at radius 2 is 1.77 bits per heavy atom. The third kappa shape index (κ3) is 6.49. The molecule has 0 saturated heterocycles. The van der Waals surface area contributed by atoms with Crippen molar-refractivity contribution in [1.82, 2.24) is 15.3 Å². The number of nitrogens with zero attached hydrogens (tertiary/aromatic N) is 2. The van der Waals surface area contributed by atoms with Gasteiger partial charge in [-0.25, -0.2) is 5.01 Å². The molecule has 0 aromatic heterocycles. The van der Waals surface area contributed by atoms with Gasteiger partial charge in [0.1, 0.15) is 0 Å². The average molecular weight is 323 g/mol. The van der Waals surface area contributed by atoms with Crippen LogP contribution in [0.1, 0.15) is 29.6 Å². The zero-order valence-corrected chi connectivity index (χ0v) is 14.2. The number of unbranched alkanes of at least 4 members (excludes halogenated alkanes) is 2. The molecule has 5 nitrogen and oxygen atoms in total. The molecule has 1 rings (SSSR count). The Bertz CT molecular complexity index is 466. The third-order valence-corrected chi connectivity index (χ3v) is 3.54. The van der Waals surface area contributed by atoms with Gasteiger partial charge in [0, 0.05) is 32.7 Å². The van der Waals surface area contributed by atoms with E-state index in [1.54, 1.807) is 5.01 Å². The molecule has 2 amide bonds. The number of nitrogens with one attached hydrogen (secondary N) is 1. The van der Waals surface area contributed by atoms with E-state index in [-0.39, 0.29) is 17.6 Å². The van der Waals surface area contributed by atoms with E-state index in [9.17, 15) is 9.59 Å². The summed E-state index contributed by atoms with van der Waals surface area (Å²) in [4.78, 5) is 23.5. The van der Waals surface area contributed by atoms with Crippen LogP contribution in [-0.4, -0.2) is 54.8 Å². The lowest BCUT2D eigenvalue weighted by Gasteiger charge is -2.29. The second-order valence-electron chi connectivity index (χ2n) is 5.21. The number of benzene rings is 1. The summed E-state index contributed by atoms with van der Waals surface area (Å²) in [6.07, 6.45) is 2.76. The number of thiol groups is 1.